The third-order valence-corrected chi connectivity index (χ3v) is 12.5. The molecule has 240 valence electrons. The Hall–Kier alpha value is -2.05. The number of aliphatic carboxylic acids is 2. The van der Waals surface area contributed by atoms with E-state index in [1.807, 2.05) is 0 Å². The van der Waals surface area contributed by atoms with Gasteiger partial charge in [0.1, 0.15) is 11.8 Å². The van der Waals surface area contributed by atoms with Gasteiger partial charge in [-0.15, -0.1) is 0 Å². The highest BCUT2D eigenvalue weighted by molar-refractivity contribution is 7.92. The zero-order valence-corrected chi connectivity index (χ0v) is 26.9. The average Bonchev–Trinajstić information content (AvgIpc) is 2.97. The van der Waals surface area contributed by atoms with E-state index in [9.17, 15) is 41.4 Å². The van der Waals surface area contributed by atoms with E-state index in [1.165, 1.54) is 0 Å². The molecule has 4 rings (SSSR count). The van der Waals surface area contributed by atoms with Crippen LogP contribution in [0.2, 0.25) is 20.1 Å². The van der Waals surface area contributed by atoms with Crippen LogP contribution >= 0.6 is 46.4 Å². The van der Waals surface area contributed by atoms with Crippen LogP contribution in [0.5, 0.6) is 0 Å². The minimum Gasteiger partial charge on any atom is -0.480 e. The minimum absolute atomic E-state index is 0.0537. The van der Waals surface area contributed by atoms with Crippen molar-refractivity contribution in [2.75, 3.05) is 39.4 Å². The molecule has 0 spiro atoms. The van der Waals surface area contributed by atoms with Crippen LogP contribution in [0.15, 0.2) is 34.1 Å². The summed E-state index contributed by atoms with van der Waals surface area (Å²) in [7, 11) is -8.75. The lowest BCUT2D eigenvalue weighted by Gasteiger charge is -2.26. The predicted molar refractivity (Wildman–Crippen MR) is 158 cm³/mol. The number of ether oxygens (including phenoxy) is 2. The molecule has 4 unspecified atom stereocenters. The van der Waals surface area contributed by atoms with E-state index < -0.39 is 101 Å². The van der Waals surface area contributed by atoms with Crippen LogP contribution in [0.4, 0.5) is 0 Å². The van der Waals surface area contributed by atoms with Crippen molar-refractivity contribution in [2.24, 2.45) is 0 Å². The summed E-state index contributed by atoms with van der Waals surface area (Å²) in [5.41, 5.74) is -4.22. The van der Waals surface area contributed by atoms with Crippen molar-refractivity contribution in [3.05, 3.63) is 55.5 Å². The summed E-state index contributed by atoms with van der Waals surface area (Å²) in [6, 6.07) is 4.00. The molecule has 2 aromatic rings. The van der Waals surface area contributed by atoms with Gasteiger partial charge in [-0.25, -0.2) is 16.8 Å². The third-order valence-electron chi connectivity index (χ3n) is 6.91. The SMILES string of the molecule is O=C(O)C(C(=O)C(C(=O)O)c1c(Cl)ccc(S(=O)(=O)C2CNCCO2)c1Cl)c1c(Cl)ccc(S(=O)(=O)C2CNCCO2)c1Cl. The molecule has 0 radical (unpaired) electrons. The molecular weight excluding hydrogens is 710 g/mol. The summed E-state index contributed by atoms with van der Waals surface area (Å²) in [4.78, 5) is 37.8. The first-order chi connectivity index (χ1) is 20.6. The molecule has 2 fully saturated rings. The summed E-state index contributed by atoms with van der Waals surface area (Å²) in [5.74, 6) is -10.4. The van der Waals surface area contributed by atoms with Crippen LogP contribution in [0.1, 0.15) is 23.0 Å². The molecule has 0 aliphatic carbocycles. The fourth-order valence-electron chi connectivity index (χ4n) is 4.77. The summed E-state index contributed by atoms with van der Waals surface area (Å²) < 4.78 is 63.9. The van der Waals surface area contributed by atoms with Gasteiger partial charge in [-0.05, 0) is 24.3 Å². The topological polar surface area (TPSA) is 202 Å². The van der Waals surface area contributed by atoms with E-state index in [0.717, 1.165) is 24.3 Å². The van der Waals surface area contributed by atoms with E-state index in [1.54, 1.807) is 0 Å². The van der Waals surface area contributed by atoms with Gasteiger partial charge in [0.2, 0.25) is 19.7 Å². The van der Waals surface area contributed by atoms with Gasteiger partial charge >= 0.3 is 11.9 Å². The lowest BCUT2D eigenvalue weighted by Crippen LogP contribution is -2.43. The zero-order valence-electron chi connectivity index (χ0n) is 22.3. The molecule has 2 heterocycles. The Morgan fingerprint density at radius 1 is 0.705 bits per heavy atom. The first-order valence-corrected chi connectivity index (χ1v) is 17.3. The van der Waals surface area contributed by atoms with Gasteiger partial charge in [-0.2, -0.15) is 0 Å². The molecule has 2 saturated heterocycles. The monoisotopic (exact) mass is 732 g/mol. The van der Waals surface area contributed by atoms with Crippen molar-refractivity contribution in [1.82, 2.24) is 10.6 Å². The molecule has 4 atom stereocenters. The Morgan fingerprint density at radius 2 is 1.07 bits per heavy atom. The maximum absolute atomic E-state index is 13.9. The number of ketones is 1. The van der Waals surface area contributed by atoms with E-state index in [4.69, 9.17) is 55.9 Å². The zero-order chi connectivity index (χ0) is 32.6. The fourth-order valence-corrected chi connectivity index (χ4v) is 9.62. The summed E-state index contributed by atoms with van der Waals surface area (Å²) in [5, 5.41) is 23.6. The van der Waals surface area contributed by atoms with E-state index in [2.05, 4.69) is 10.6 Å². The number of carboxylic acids is 2. The molecule has 0 aromatic heterocycles. The van der Waals surface area contributed by atoms with Crippen molar-refractivity contribution in [1.29, 1.82) is 0 Å². The first kappa shape index (κ1) is 34.8. The number of carbonyl (C=O) groups excluding carboxylic acids is 1. The highest BCUT2D eigenvalue weighted by Gasteiger charge is 2.45. The Kier molecular flexibility index (Phi) is 10.9. The molecule has 0 amide bonds. The van der Waals surface area contributed by atoms with Gasteiger partial charge < -0.3 is 30.3 Å². The van der Waals surface area contributed by atoms with Crippen molar-refractivity contribution in [2.45, 2.75) is 32.5 Å². The van der Waals surface area contributed by atoms with Crippen LogP contribution in [0, 0.1) is 0 Å². The molecule has 0 bridgehead atoms. The van der Waals surface area contributed by atoms with E-state index in [0.29, 0.717) is 13.1 Å². The fraction of sp³-hybridized carbons (Fsp3) is 0.400. The second-order valence-corrected chi connectivity index (χ2v) is 15.3. The number of benzene rings is 2. The van der Waals surface area contributed by atoms with Crippen molar-refractivity contribution < 1.29 is 50.9 Å². The maximum Gasteiger partial charge on any atom is 0.318 e. The number of sulfone groups is 2. The Labute approximate surface area is 271 Å². The summed E-state index contributed by atoms with van der Waals surface area (Å²) in [6.45, 7) is 0.650. The number of halogens is 4. The van der Waals surface area contributed by atoms with Crippen LogP contribution in [0.3, 0.4) is 0 Å². The maximum atomic E-state index is 13.9. The van der Waals surface area contributed by atoms with Gasteiger partial charge in [-0.3, -0.25) is 14.4 Å². The second-order valence-electron chi connectivity index (χ2n) is 9.59. The molecule has 2 aromatic carbocycles. The smallest absolute Gasteiger partial charge is 0.318 e. The van der Waals surface area contributed by atoms with Gasteiger partial charge in [-0.1, -0.05) is 46.4 Å². The van der Waals surface area contributed by atoms with Crippen molar-refractivity contribution in [3.8, 4) is 0 Å². The van der Waals surface area contributed by atoms with Crippen molar-refractivity contribution in [3.63, 3.8) is 0 Å². The molecule has 44 heavy (non-hydrogen) atoms. The van der Waals surface area contributed by atoms with Crippen LogP contribution < -0.4 is 10.6 Å². The number of morpholine rings is 2. The summed E-state index contributed by atoms with van der Waals surface area (Å²) >= 11 is 25.3. The molecule has 2 aliphatic heterocycles. The molecule has 0 saturated carbocycles. The number of Topliss-reactive ketones (excluding diaryl/α,β-unsaturated/α-hetero) is 1. The van der Waals surface area contributed by atoms with Crippen LogP contribution in [0.25, 0.3) is 0 Å². The Morgan fingerprint density at radius 3 is 1.36 bits per heavy atom. The van der Waals surface area contributed by atoms with E-state index >= 15 is 0 Å². The number of rotatable bonds is 10. The highest BCUT2D eigenvalue weighted by Crippen LogP contribution is 2.44. The highest BCUT2D eigenvalue weighted by atomic mass is 35.5. The predicted octanol–water partition coefficient (Wildman–Crippen LogP) is 2.35. The number of hydrogen-bond acceptors (Lipinski definition) is 11. The Balaban J connectivity index is 1.85. The second kappa shape index (κ2) is 13.7. The normalized spacial score (nSPS) is 20.9. The first-order valence-electron chi connectivity index (χ1n) is 12.7. The quantitative estimate of drug-likeness (QED) is 0.260. The Bertz CT molecular complexity index is 1590. The van der Waals surface area contributed by atoms with Gasteiger partial charge in [0.05, 0.1) is 33.0 Å². The number of carbonyl (C=O) groups is 3. The third kappa shape index (κ3) is 6.58. The molecule has 19 heteroatoms. The van der Waals surface area contributed by atoms with Gasteiger partial charge in [0, 0.05) is 47.4 Å². The summed E-state index contributed by atoms with van der Waals surface area (Å²) in [6.07, 6.45) is 0. The van der Waals surface area contributed by atoms with Gasteiger partial charge in [0.25, 0.3) is 0 Å². The number of hydrogen-bond donors (Lipinski definition) is 4. The number of carboxylic acid groups (broad SMARTS) is 2. The van der Waals surface area contributed by atoms with Crippen molar-refractivity contribution >= 4 is 83.8 Å². The van der Waals surface area contributed by atoms with Crippen LogP contribution in [-0.2, 0) is 43.5 Å². The minimum atomic E-state index is -4.37. The lowest BCUT2D eigenvalue weighted by molar-refractivity contribution is -0.146. The molecular formula is C25H24Cl4N2O11S2. The largest absolute Gasteiger partial charge is 0.480 e. The lowest BCUT2D eigenvalue weighted by atomic mass is 9.83. The molecule has 4 N–H and O–H groups in total. The molecule has 2 aliphatic rings. The van der Waals surface area contributed by atoms with Gasteiger partial charge in [0.15, 0.2) is 16.7 Å². The number of nitrogens with one attached hydrogen (secondary N) is 2. The molecule has 13 nitrogen and oxygen atoms in total. The average molecular weight is 734 g/mol. The van der Waals surface area contributed by atoms with E-state index in [-0.39, 0.29) is 26.3 Å². The standard InChI is InChI=1S/C25H24Cl4N2O11S2/c26-11-1-3-13(43(37,38)15-9-30-5-7-41-15)21(28)17(11)19(24(33)34)23(32)20(25(35)36)18-12(27)2-4-14(22(18)29)44(39,40)16-10-31-6-8-42-16/h1-4,15-16,19-20,30-31H,5-10H2,(H,33,34)(H,35,36). The van der Waals surface area contributed by atoms with Crippen LogP contribution in [-0.4, -0.2) is 95.0 Å².